The fourth-order valence-corrected chi connectivity index (χ4v) is 4.41. The van der Waals surface area contributed by atoms with Crippen LogP contribution in [0.5, 0.6) is 0 Å². The van der Waals surface area contributed by atoms with E-state index in [-0.39, 0.29) is 28.7 Å². The fourth-order valence-electron chi connectivity index (χ4n) is 4.41. The first-order valence-corrected chi connectivity index (χ1v) is 11.7. The van der Waals surface area contributed by atoms with Crippen molar-refractivity contribution >= 4 is 28.7 Å². The van der Waals surface area contributed by atoms with Gasteiger partial charge in [-0.3, -0.25) is 9.59 Å². The molecular weight excluding hydrogens is 496 g/mol. The van der Waals surface area contributed by atoms with E-state index in [4.69, 9.17) is 21.3 Å². The third kappa shape index (κ3) is 4.76. The highest BCUT2D eigenvalue weighted by Crippen LogP contribution is 2.32. The number of fused-ring (bicyclic) bond motifs is 2. The number of hydrogen-bond donors (Lipinski definition) is 3. The first kappa shape index (κ1) is 25.2. The van der Waals surface area contributed by atoms with Crippen LogP contribution in [0.3, 0.4) is 0 Å². The van der Waals surface area contributed by atoms with Gasteiger partial charge in [0.25, 0.3) is 5.91 Å². The average molecular weight is 520 g/mol. The highest BCUT2D eigenvalue weighted by Gasteiger charge is 2.27. The van der Waals surface area contributed by atoms with Gasteiger partial charge in [-0.25, -0.2) is 18.7 Å². The molecule has 2 heterocycles. The van der Waals surface area contributed by atoms with Crippen LogP contribution in [0.1, 0.15) is 27.2 Å². The second kappa shape index (κ2) is 10.1. The zero-order valence-corrected chi connectivity index (χ0v) is 20.0. The number of esters is 1. The number of nitrogen functional groups attached to an aromatic ring is 1. The molecule has 0 unspecified atom stereocenters. The number of hydrogen-bond acceptors (Lipinski definition) is 8. The Labute approximate surface area is 215 Å². The molecule has 0 saturated heterocycles. The van der Waals surface area contributed by atoms with Crippen LogP contribution in [-0.4, -0.2) is 44.5 Å². The lowest BCUT2D eigenvalue weighted by molar-refractivity contribution is -0.147. The lowest BCUT2D eigenvalue weighted by Crippen LogP contribution is -2.35. The van der Waals surface area contributed by atoms with Crippen LogP contribution in [0.25, 0.3) is 22.0 Å². The van der Waals surface area contributed by atoms with E-state index in [1.54, 1.807) is 23.1 Å². The molecule has 0 bridgehead atoms. The number of carbonyl (C=O) groups excluding carboxylic acids is 2. The molecule has 3 aromatic carbocycles. The second-order valence-electron chi connectivity index (χ2n) is 8.91. The summed E-state index contributed by atoms with van der Waals surface area (Å²) in [5.74, 6) is -3.57. The Kier molecular flexibility index (Phi) is 6.70. The summed E-state index contributed by atoms with van der Waals surface area (Å²) in [6, 6.07) is 13.1. The second-order valence-corrected chi connectivity index (χ2v) is 8.91. The zero-order chi connectivity index (χ0) is 27.0. The Morgan fingerprint density at radius 3 is 2.39 bits per heavy atom. The van der Waals surface area contributed by atoms with Crippen LogP contribution in [0.4, 0.5) is 14.7 Å². The van der Waals surface area contributed by atoms with Gasteiger partial charge < -0.3 is 26.2 Å². The van der Waals surface area contributed by atoms with Gasteiger partial charge in [-0.2, -0.15) is 0 Å². The van der Waals surface area contributed by atoms with Gasteiger partial charge in [0.1, 0.15) is 18.3 Å². The van der Waals surface area contributed by atoms with Crippen LogP contribution in [0, 0.1) is 11.6 Å². The van der Waals surface area contributed by atoms with Crippen molar-refractivity contribution in [1.82, 2.24) is 14.9 Å². The monoisotopic (exact) mass is 519 g/mol. The van der Waals surface area contributed by atoms with Crippen molar-refractivity contribution in [3.63, 3.8) is 0 Å². The molecule has 0 saturated carbocycles. The van der Waals surface area contributed by atoms with E-state index in [0.29, 0.717) is 29.6 Å². The van der Waals surface area contributed by atoms with Gasteiger partial charge >= 0.3 is 5.97 Å². The number of rotatable bonds is 6. The van der Waals surface area contributed by atoms with Crippen molar-refractivity contribution in [2.24, 2.45) is 5.73 Å². The number of ether oxygens (including phenoxy) is 1. The molecule has 1 atom stereocenters. The topological polar surface area (TPSA) is 145 Å². The average Bonchev–Trinajstić information content (AvgIpc) is 3.36. The summed E-state index contributed by atoms with van der Waals surface area (Å²) in [5.41, 5.74) is 14.7. The van der Waals surface area contributed by atoms with E-state index in [1.165, 1.54) is 0 Å². The van der Waals surface area contributed by atoms with Gasteiger partial charge in [0.2, 0.25) is 5.95 Å². The summed E-state index contributed by atoms with van der Waals surface area (Å²) in [6.45, 7) is -0.229. The van der Waals surface area contributed by atoms with Gasteiger partial charge in [-0.1, -0.05) is 30.3 Å². The lowest BCUT2D eigenvalue weighted by Gasteiger charge is -2.17. The molecule has 5 N–H and O–H groups in total. The van der Waals surface area contributed by atoms with E-state index < -0.39 is 36.9 Å². The van der Waals surface area contributed by atoms with Crippen molar-refractivity contribution in [2.45, 2.75) is 25.7 Å². The number of nitrogens with two attached hydrogens (primary N) is 2. The molecule has 194 valence electrons. The van der Waals surface area contributed by atoms with E-state index in [1.807, 2.05) is 24.3 Å². The molecule has 1 amide bonds. The van der Waals surface area contributed by atoms with Crippen molar-refractivity contribution in [3.8, 4) is 11.1 Å². The number of anilines is 1. The number of aromatic nitrogens is 2. The van der Waals surface area contributed by atoms with Crippen molar-refractivity contribution in [1.29, 1.82) is 0 Å². The third-order valence-corrected chi connectivity index (χ3v) is 6.37. The largest absolute Gasteiger partial charge is 0.460 e. The predicted octanol–water partition coefficient (Wildman–Crippen LogP) is 2.68. The summed E-state index contributed by atoms with van der Waals surface area (Å²) in [6.07, 6.45) is 0. The standard InChI is InChI=1S/C27H23F2N5O4/c28-20-8-17(13-38-26(37)22(30)12-35)18(9-21(20)29)14-5-6-23-19(7-14)24(33-27(31)32-23)25(36)34-10-15-3-1-2-4-16(15)11-34/h1-9,22,35H,10-13,30H2,(H2,31,32,33)/t22-/m1/s1. The van der Waals surface area contributed by atoms with Crippen LogP contribution in [0.2, 0.25) is 0 Å². The number of aliphatic hydroxyl groups excluding tert-OH is 1. The molecular formula is C27H23F2N5O4. The Morgan fingerprint density at radius 1 is 1.03 bits per heavy atom. The molecule has 0 spiro atoms. The molecule has 0 fully saturated rings. The van der Waals surface area contributed by atoms with Crippen molar-refractivity contribution in [3.05, 3.63) is 88.6 Å². The number of carbonyl (C=O) groups is 2. The molecule has 4 aromatic rings. The minimum atomic E-state index is -1.27. The Morgan fingerprint density at radius 2 is 1.71 bits per heavy atom. The van der Waals surface area contributed by atoms with Gasteiger partial charge in [-0.05, 0) is 46.5 Å². The maximum absolute atomic E-state index is 14.3. The molecule has 5 rings (SSSR count). The van der Waals surface area contributed by atoms with Crippen LogP contribution >= 0.6 is 0 Å². The minimum Gasteiger partial charge on any atom is -0.460 e. The van der Waals surface area contributed by atoms with E-state index >= 15 is 0 Å². The molecule has 0 aliphatic carbocycles. The minimum absolute atomic E-state index is 0.0756. The van der Waals surface area contributed by atoms with Crippen LogP contribution in [0.15, 0.2) is 54.6 Å². The Bertz CT molecular complexity index is 1550. The molecule has 9 nitrogen and oxygen atoms in total. The summed E-state index contributed by atoms with van der Waals surface area (Å²) in [5, 5.41) is 9.42. The molecule has 1 aliphatic heterocycles. The quantitative estimate of drug-likeness (QED) is 0.330. The number of halogens is 2. The normalized spacial score (nSPS) is 13.4. The fraction of sp³-hybridized carbons (Fsp3) is 0.185. The van der Waals surface area contributed by atoms with Gasteiger partial charge in [0, 0.05) is 24.0 Å². The van der Waals surface area contributed by atoms with Gasteiger partial charge in [-0.15, -0.1) is 0 Å². The molecule has 38 heavy (non-hydrogen) atoms. The van der Waals surface area contributed by atoms with Crippen molar-refractivity contribution in [2.75, 3.05) is 12.3 Å². The van der Waals surface area contributed by atoms with Gasteiger partial charge in [0.05, 0.1) is 12.1 Å². The lowest BCUT2D eigenvalue weighted by atomic mass is 9.97. The van der Waals surface area contributed by atoms with Crippen LogP contribution < -0.4 is 11.5 Å². The zero-order valence-electron chi connectivity index (χ0n) is 20.0. The SMILES string of the molecule is Nc1nc(C(=O)N2Cc3ccccc3C2)c2cc(-c3cc(F)c(F)cc3COC(=O)[C@H](N)CO)ccc2n1. The summed E-state index contributed by atoms with van der Waals surface area (Å²) < 4.78 is 33.5. The first-order chi connectivity index (χ1) is 18.2. The predicted molar refractivity (Wildman–Crippen MR) is 134 cm³/mol. The molecule has 0 radical (unpaired) electrons. The third-order valence-electron chi connectivity index (χ3n) is 6.37. The maximum atomic E-state index is 14.3. The summed E-state index contributed by atoms with van der Waals surface area (Å²) >= 11 is 0. The summed E-state index contributed by atoms with van der Waals surface area (Å²) in [7, 11) is 0. The Balaban J connectivity index is 1.54. The Hall–Kier alpha value is -4.48. The number of aliphatic hydroxyl groups is 1. The number of benzene rings is 3. The highest BCUT2D eigenvalue weighted by atomic mass is 19.2. The highest BCUT2D eigenvalue weighted by molar-refractivity contribution is 6.06. The number of nitrogens with zero attached hydrogens (tertiary/aromatic N) is 3. The van der Waals surface area contributed by atoms with Crippen LogP contribution in [-0.2, 0) is 29.2 Å². The first-order valence-electron chi connectivity index (χ1n) is 11.7. The van der Waals surface area contributed by atoms with E-state index in [0.717, 1.165) is 23.3 Å². The summed E-state index contributed by atoms with van der Waals surface area (Å²) in [4.78, 5) is 35.6. The van der Waals surface area contributed by atoms with Gasteiger partial charge in [0.15, 0.2) is 11.6 Å². The maximum Gasteiger partial charge on any atom is 0.325 e. The smallest absolute Gasteiger partial charge is 0.325 e. The van der Waals surface area contributed by atoms with Crippen molar-refractivity contribution < 1.29 is 28.2 Å². The molecule has 11 heteroatoms. The number of amides is 1. The molecule has 1 aliphatic rings. The van der Waals surface area contributed by atoms with E-state index in [9.17, 15) is 18.4 Å². The molecule has 1 aromatic heterocycles. The van der Waals surface area contributed by atoms with E-state index in [2.05, 4.69) is 9.97 Å².